The predicted octanol–water partition coefficient (Wildman–Crippen LogP) is 2.27. The second kappa shape index (κ2) is 6.40. The van der Waals surface area contributed by atoms with Crippen molar-refractivity contribution in [3.8, 4) is 0 Å². The summed E-state index contributed by atoms with van der Waals surface area (Å²) in [5.41, 5.74) is -1.69. The van der Waals surface area contributed by atoms with Crippen LogP contribution in [0, 0.1) is 0 Å². The number of thioether (sulfide) groups is 1. The first-order valence-electron chi connectivity index (χ1n) is 8.48. The normalized spacial score (nSPS) is 28.5. The Morgan fingerprint density at radius 2 is 1.79 bits per heavy atom. The molecule has 3 atom stereocenters. The van der Waals surface area contributed by atoms with E-state index in [9.17, 15) is 32.7 Å². The molecule has 0 bridgehead atoms. The van der Waals surface area contributed by atoms with Crippen molar-refractivity contribution in [1.82, 2.24) is 10.2 Å². The number of amides is 2. The number of carbonyl (C=O) groups is 3. The summed E-state index contributed by atoms with van der Waals surface area (Å²) in [5.74, 6) is -2.11. The van der Waals surface area contributed by atoms with E-state index >= 15 is 0 Å². The van der Waals surface area contributed by atoms with Gasteiger partial charge < -0.3 is 15.3 Å². The third-order valence-corrected chi connectivity index (χ3v) is 6.81. The second-order valence-corrected chi connectivity index (χ2v) is 9.38. The van der Waals surface area contributed by atoms with Crippen LogP contribution in [0.2, 0.25) is 0 Å². The van der Waals surface area contributed by atoms with Gasteiger partial charge in [-0.2, -0.15) is 13.2 Å². The number of nitrogens with zero attached hydrogens (tertiary/aromatic N) is 1. The first kappa shape index (κ1) is 20.5. The number of rotatable bonds is 4. The van der Waals surface area contributed by atoms with E-state index in [0.29, 0.717) is 5.56 Å². The number of halogens is 3. The summed E-state index contributed by atoms with van der Waals surface area (Å²) in [6, 6.07) is 3.23. The van der Waals surface area contributed by atoms with Crippen molar-refractivity contribution in [2.45, 2.75) is 55.1 Å². The summed E-state index contributed by atoms with van der Waals surface area (Å²) < 4.78 is 37.1. The number of alkyl halides is 3. The Kier molecular flexibility index (Phi) is 4.68. The molecule has 0 aliphatic carbocycles. The van der Waals surface area contributed by atoms with Gasteiger partial charge in [0.25, 0.3) is 5.91 Å². The highest BCUT2D eigenvalue weighted by Gasteiger charge is 2.70. The van der Waals surface area contributed by atoms with Crippen molar-refractivity contribution in [1.29, 1.82) is 0 Å². The van der Waals surface area contributed by atoms with Crippen LogP contribution in [0.3, 0.4) is 0 Å². The zero-order valence-electron chi connectivity index (χ0n) is 15.3. The van der Waals surface area contributed by atoms with Gasteiger partial charge in [-0.25, -0.2) is 4.79 Å². The SMILES string of the molecule is CC1(C)S[C@H]2N(C(=O)C2(C)NC(=O)Cc2ccc(C(F)(F)F)cc2)[C@H]1C(=O)O. The Morgan fingerprint density at radius 3 is 2.29 bits per heavy atom. The summed E-state index contributed by atoms with van der Waals surface area (Å²) in [5, 5.41) is 11.6. The largest absolute Gasteiger partial charge is 0.480 e. The van der Waals surface area contributed by atoms with E-state index in [1.807, 2.05) is 0 Å². The maximum absolute atomic E-state index is 12.6. The van der Waals surface area contributed by atoms with E-state index in [1.54, 1.807) is 13.8 Å². The number of carboxylic acid groups (broad SMARTS) is 1. The minimum absolute atomic E-state index is 0.190. The van der Waals surface area contributed by atoms with Gasteiger partial charge >= 0.3 is 12.1 Å². The first-order chi connectivity index (χ1) is 12.8. The third kappa shape index (κ3) is 3.23. The van der Waals surface area contributed by atoms with Crippen LogP contribution in [0.5, 0.6) is 0 Å². The molecule has 2 fully saturated rings. The minimum Gasteiger partial charge on any atom is -0.480 e. The van der Waals surface area contributed by atoms with Gasteiger partial charge in [-0.1, -0.05) is 12.1 Å². The van der Waals surface area contributed by atoms with Crippen LogP contribution in [0.4, 0.5) is 13.2 Å². The molecule has 28 heavy (non-hydrogen) atoms. The van der Waals surface area contributed by atoms with Gasteiger partial charge in [0.2, 0.25) is 5.91 Å². The molecule has 2 heterocycles. The lowest BCUT2D eigenvalue weighted by atomic mass is 9.86. The zero-order valence-corrected chi connectivity index (χ0v) is 16.1. The molecule has 0 spiro atoms. The fraction of sp³-hybridized carbons (Fsp3) is 0.500. The van der Waals surface area contributed by atoms with E-state index in [-0.39, 0.29) is 6.42 Å². The molecule has 0 radical (unpaired) electrons. The second-order valence-electron chi connectivity index (χ2n) is 7.65. The van der Waals surface area contributed by atoms with Gasteiger partial charge in [-0.3, -0.25) is 9.59 Å². The summed E-state index contributed by atoms with van der Waals surface area (Å²) in [4.78, 5) is 37.8. The van der Waals surface area contributed by atoms with Gasteiger partial charge in [0.1, 0.15) is 17.0 Å². The number of nitrogens with one attached hydrogen (secondary N) is 1. The molecule has 6 nitrogen and oxygen atoms in total. The quantitative estimate of drug-likeness (QED) is 0.736. The summed E-state index contributed by atoms with van der Waals surface area (Å²) >= 11 is 1.30. The highest BCUT2D eigenvalue weighted by molar-refractivity contribution is 8.01. The van der Waals surface area contributed by atoms with Gasteiger partial charge in [0.15, 0.2) is 0 Å². The Labute approximate surface area is 163 Å². The average Bonchev–Trinajstić information content (AvgIpc) is 2.84. The molecule has 2 N–H and O–H groups in total. The van der Waals surface area contributed by atoms with E-state index in [2.05, 4.69) is 5.32 Å². The summed E-state index contributed by atoms with van der Waals surface area (Å²) in [6.07, 6.45) is -4.65. The number of β-lactam (4-membered cyclic amide) rings is 1. The van der Waals surface area contributed by atoms with Crippen LogP contribution >= 0.6 is 11.8 Å². The maximum Gasteiger partial charge on any atom is 0.416 e. The zero-order chi connectivity index (χ0) is 21.1. The molecule has 0 saturated carbocycles. The van der Waals surface area contributed by atoms with Gasteiger partial charge in [-0.15, -0.1) is 11.8 Å². The molecule has 10 heteroatoms. The molecule has 1 aromatic carbocycles. The van der Waals surface area contributed by atoms with E-state index in [4.69, 9.17) is 0 Å². The molecule has 2 aliphatic rings. The number of benzene rings is 1. The fourth-order valence-electron chi connectivity index (χ4n) is 3.67. The van der Waals surface area contributed by atoms with Gasteiger partial charge in [-0.05, 0) is 38.5 Å². The number of hydrogen-bond donors (Lipinski definition) is 2. The van der Waals surface area contributed by atoms with Crippen molar-refractivity contribution >= 4 is 29.5 Å². The van der Waals surface area contributed by atoms with Crippen molar-refractivity contribution in [3.63, 3.8) is 0 Å². The maximum atomic E-state index is 12.6. The molecule has 152 valence electrons. The van der Waals surface area contributed by atoms with Crippen LogP contribution in [-0.2, 0) is 27.0 Å². The topological polar surface area (TPSA) is 86.7 Å². The Bertz CT molecular complexity index is 840. The van der Waals surface area contributed by atoms with E-state index in [1.165, 1.54) is 35.7 Å². The number of aliphatic carboxylic acids is 1. The Hall–Kier alpha value is -2.23. The molecule has 1 unspecified atom stereocenters. The Balaban J connectivity index is 1.70. The van der Waals surface area contributed by atoms with Crippen LogP contribution in [0.15, 0.2) is 24.3 Å². The molecular formula is C18H19F3N2O4S. The number of fused-ring (bicyclic) bond motifs is 1. The summed E-state index contributed by atoms with van der Waals surface area (Å²) in [6.45, 7) is 4.99. The van der Waals surface area contributed by atoms with Crippen LogP contribution in [-0.4, -0.2) is 49.5 Å². The molecule has 2 saturated heterocycles. The monoisotopic (exact) mass is 416 g/mol. The molecule has 0 aromatic heterocycles. The average molecular weight is 416 g/mol. The van der Waals surface area contributed by atoms with E-state index in [0.717, 1.165) is 12.1 Å². The van der Waals surface area contributed by atoms with Crippen molar-refractivity contribution in [3.05, 3.63) is 35.4 Å². The van der Waals surface area contributed by atoms with Gasteiger partial charge in [0, 0.05) is 4.75 Å². The lowest BCUT2D eigenvalue weighted by Crippen LogP contribution is -2.78. The van der Waals surface area contributed by atoms with E-state index < -0.39 is 51.2 Å². The minimum atomic E-state index is -4.46. The molecular weight excluding hydrogens is 397 g/mol. The summed E-state index contributed by atoms with van der Waals surface area (Å²) in [7, 11) is 0. The lowest BCUT2D eigenvalue weighted by Gasteiger charge is -2.51. The Morgan fingerprint density at radius 1 is 1.21 bits per heavy atom. The van der Waals surface area contributed by atoms with Crippen molar-refractivity contribution in [2.75, 3.05) is 0 Å². The first-order valence-corrected chi connectivity index (χ1v) is 9.36. The smallest absolute Gasteiger partial charge is 0.416 e. The molecule has 2 aliphatic heterocycles. The number of carboxylic acids is 1. The van der Waals surface area contributed by atoms with Crippen molar-refractivity contribution < 1.29 is 32.7 Å². The molecule has 3 rings (SSSR count). The van der Waals surface area contributed by atoms with Crippen LogP contribution in [0.25, 0.3) is 0 Å². The van der Waals surface area contributed by atoms with Gasteiger partial charge in [0.05, 0.1) is 12.0 Å². The van der Waals surface area contributed by atoms with Crippen molar-refractivity contribution in [2.24, 2.45) is 0 Å². The fourth-order valence-corrected chi connectivity index (χ4v) is 5.31. The lowest BCUT2D eigenvalue weighted by molar-refractivity contribution is -0.167. The predicted molar refractivity (Wildman–Crippen MR) is 95.4 cm³/mol. The number of hydrogen-bond acceptors (Lipinski definition) is 4. The van der Waals surface area contributed by atoms with Crippen LogP contribution < -0.4 is 5.32 Å². The number of carbonyl (C=O) groups excluding carboxylic acids is 2. The highest BCUT2D eigenvalue weighted by atomic mass is 32.2. The van der Waals surface area contributed by atoms with Crippen LogP contribution in [0.1, 0.15) is 31.9 Å². The third-order valence-electron chi connectivity index (χ3n) is 5.06. The standard InChI is InChI=1S/C18H19F3N2O4S/c1-16(2)12(13(25)26)23-14(27)17(3,15(23)28-16)22-11(24)8-9-4-6-10(7-5-9)18(19,20)21/h4-7,12,15H,8H2,1-3H3,(H,22,24)(H,25,26)/t12-,15+,17?/m0/s1. The molecule has 1 aromatic rings. The highest BCUT2D eigenvalue weighted by Crippen LogP contribution is 2.54. The molecule has 2 amide bonds.